The van der Waals surface area contributed by atoms with E-state index in [9.17, 15) is 4.79 Å². The van der Waals surface area contributed by atoms with Crippen LogP contribution in [0.5, 0.6) is 5.75 Å². The molecule has 0 unspecified atom stereocenters. The topological polar surface area (TPSA) is 38.3 Å². The molecule has 5 heteroatoms. The third-order valence-corrected chi connectivity index (χ3v) is 3.49. The summed E-state index contributed by atoms with van der Waals surface area (Å²) in [5.74, 6) is 1.90. The smallest absolute Gasteiger partial charge is 0.234 e. The number of para-hydroxylation sites is 1. The Bertz CT molecular complexity index is 385. The molecule has 0 bridgehead atoms. The van der Waals surface area contributed by atoms with Crippen molar-refractivity contribution in [2.24, 2.45) is 0 Å². The molecule has 0 saturated heterocycles. The van der Waals surface area contributed by atoms with Crippen molar-refractivity contribution >= 4 is 35.0 Å². The van der Waals surface area contributed by atoms with Crippen LogP contribution in [0.15, 0.2) is 18.2 Å². The summed E-state index contributed by atoms with van der Waals surface area (Å²) in [5, 5.41) is 3.28. The lowest BCUT2D eigenvalue weighted by atomic mass is 10.3. The fraction of sp³-hybridized carbons (Fsp3) is 0.417. The molecule has 0 radical (unpaired) electrons. The first-order valence-corrected chi connectivity index (χ1v) is 6.92. The molecule has 0 atom stereocenters. The zero-order valence-corrected chi connectivity index (χ0v) is 11.5. The quantitative estimate of drug-likeness (QED) is 0.807. The Labute approximate surface area is 111 Å². The molecular weight excluding hydrogens is 258 g/mol. The summed E-state index contributed by atoms with van der Waals surface area (Å²) in [5.41, 5.74) is 0.613. The Morgan fingerprint density at radius 1 is 1.53 bits per heavy atom. The summed E-state index contributed by atoms with van der Waals surface area (Å²) >= 11 is 7.57. The minimum Gasteiger partial charge on any atom is -0.493 e. The zero-order valence-electron chi connectivity index (χ0n) is 9.96. The van der Waals surface area contributed by atoms with Crippen LogP contribution < -0.4 is 10.1 Å². The highest BCUT2D eigenvalue weighted by molar-refractivity contribution is 7.99. The zero-order chi connectivity index (χ0) is 12.7. The number of carbonyl (C=O) groups excluding carboxylic acids is 1. The van der Waals surface area contributed by atoms with Crippen LogP contribution in [0.25, 0.3) is 0 Å². The van der Waals surface area contributed by atoms with E-state index in [1.165, 1.54) is 7.11 Å². The van der Waals surface area contributed by atoms with Gasteiger partial charge in [0.2, 0.25) is 5.91 Å². The Hall–Kier alpha value is -0.870. The highest BCUT2D eigenvalue weighted by Gasteiger charge is 2.10. The number of hydrogen-bond donors (Lipinski definition) is 1. The summed E-state index contributed by atoms with van der Waals surface area (Å²) in [4.78, 5) is 11.6. The molecule has 3 nitrogen and oxygen atoms in total. The fourth-order valence-corrected chi connectivity index (χ4v) is 2.25. The molecule has 1 aromatic carbocycles. The van der Waals surface area contributed by atoms with Crippen molar-refractivity contribution < 1.29 is 9.53 Å². The summed E-state index contributed by atoms with van der Waals surface area (Å²) in [6.45, 7) is 2.09. The van der Waals surface area contributed by atoms with Crippen LogP contribution in [0.3, 0.4) is 0 Å². The standard InChI is InChI=1S/C12H16ClNO2S/c1-3-7-17-8-11(15)14-10-6-4-5-9(13)12(10)16-2/h4-6H,3,7-8H2,1-2H3,(H,14,15). The Morgan fingerprint density at radius 3 is 2.94 bits per heavy atom. The van der Waals surface area contributed by atoms with E-state index < -0.39 is 0 Å². The monoisotopic (exact) mass is 273 g/mol. The Kier molecular flexibility index (Phi) is 6.22. The van der Waals surface area contributed by atoms with Crippen molar-refractivity contribution in [2.75, 3.05) is 23.9 Å². The first kappa shape index (κ1) is 14.2. The van der Waals surface area contributed by atoms with E-state index in [0.717, 1.165) is 12.2 Å². The van der Waals surface area contributed by atoms with Crippen molar-refractivity contribution in [1.82, 2.24) is 0 Å². The van der Waals surface area contributed by atoms with Gasteiger partial charge in [-0.1, -0.05) is 24.6 Å². The number of anilines is 1. The minimum atomic E-state index is -0.0379. The third-order valence-electron chi connectivity index (χ3n) is 2.03. The third kappa shape index (κ3) is 4.48. The maximum absolute atomic E-state index is 11.6. The van der Waals surface area contributed by atoms with Crippen molar-refractivity contribution in [3.63, 3.8) is 0 Å². The highest BCUT2D eigenvalue weighted by atomic mass is 35.5. The van der Waals surface area contributed by atoms with Gasteiger partial charge in [0.15, 0.2) is 5.75 Å². The van der Waals surface area contributed by atoms with Gasteiger partial charge < -0.3 is 10.1 Å². The lowest BCUT2D eigenvalue weighted by molar-refractivity contribution is -0.113. The molecule has 0 aliphatic heterocycles. The second-order valence-corrected chi connectivity index (χ2v) is 4.93. The van der Waals surface area contributed by atoms with Gasteiger partial charge in [-0.15, -0.1) is 0 Å². The number of carbonyl (C=O) groups is 1. The van der Waals surface area contributed by atoms with E-state index in [1.54, 1.807) is 30.0 Å². The first-order valence-electron chi connectivity index (χ1n) is 5.39. The number of halogens is 1. The molecule has 0 heterocycles. The second-order valence-electron chi connectivity index (χ2n) is 3.42. The second kappa shape index (κ2) is 7.45. The molecule has 1 aromatic rings. The number of nitrogens with one attached hydrogen (secondary N) is 1. The summed E-state index contributed by atoms with van der Waals surface area (Å²) in [6, 6.07) is 5.27. The van der Waals surface area contributed by atoms with Gasteiger partial charge >= 0.3 is 0 Å². The van der Waals surface area contributed by atoms with E-state index in [-0.39, 0.29) is 5.91 Å². The van der Waals surface area contributed by atoms with Crippen LogP contribution in [-0.2, 0) is 4.79 Å². The summed E-state index contributed by atoms with van der Waals surface area (Å²) in [6.07, 6.45) is 1.07. The molecule has 17 heavy (non-hydrogen) atoms. The molecule has 0 aromatic heterocycles. The average Bonchev–Trinajstić information content (AvgIpc) is 2.29. The van der Waals surface area contributed by atoms with E-state index >= 15 is 0 Å². The maximum Gasteiger partial charge on any atom is 0.234 e. The molecule has 0 saturated carbocycles. The van der Waals surface area contributed by atoms with Gasteiger partial charge in [-0.2, -0.15) is 11.8 Å². The van der Waals surface area contributed by atoms with E-state index in [4.69, 9.17) is 16.3 Å². The van der Waals surface area contributed by atoms with Gasteiger partial charge in [-0.3, -0.25) is 4.79 Å². The van der Waals surface area contributed by atoms with Crippen LogP contribution in [0, 0.1) is 0 Å². The number of hydrogen-bond acceptors (Lipinski definition) is 3. The van der Waals surface area contributed by atoms with E-state index in [0.29, 0.717) is 22.2 Å². The van der Waals surface area contributed by atoms with Crippen LogP contribution in [0.2, 0.25) is 5.02 Å². The predicted molar refractivity (Wildman–Crippen MR) is 74.2 cm³/mol. The average molecular weight is 274 g/mol. The summed E-state index contributed by atoms with van der Waals surface area (Å²) in [7, 11) is 1.53. The number of thioether (sulfide) groups is 1. The van der Waals surface area contributed by atoms with Crippen LogP contribution in [0.4, 0.5) is 5.69 Å². The molecule has 1 amide bonds. The fourth-order valence-electron chi connectivity index (χ4n) is 1.31. The largest absolute Gasteiger partial charge is 0.493 e. The Morgan fingerprint density at radius 2 is 2.29 bits per heavy atom. The van der Waals surface area contributed by atoms with Gasteiger partial charge in [-0.25, -0.2) is 0 Å². The van der Waals surface area contributed by atoms with E-state index in [2.05, 4.69) is 12.2 Å². The molecule has 94 valence electrons. The minimum absolute atomic E-state index is 0.0379. The predicted octanol–water partition coefficient (Wildman–Crippen LogP) is 3.43. The summed E-state index contributed by atoms with van der Waals surface area (Å²) < 4.78 is 5.15. The van der Waals surface area contributed by atoms with Crippen molar-refractivity contribution in [1.29, 1.82) is 0 Å². The van der Waals surface area contributed by atoms with Gasteiger partial charge in [-0.05, 0) is 24.3 Å². The SMILES string of the molecule is CCCSCC(=O)Nc1cccc(Cl)c1OC. The van der Waals surface area contributed by atoms with Gasteiger partial charge in [0, 0.05) is 0 Å². The number of benzene rings is 1. The number of rotatable bonds is 6. The lowest BCUT2D eigenvalue weighted by Crippen LogP contribution is -2.15. The number of amides is 1. The van der Waals surface area contributed by atoms with Crippen molar-refractivity contribution in [3.05, 3.63) is 23.2 Å². The van der Waals surface area contributed by atoms with Gasteiger partial charge in [0.1, 0.15) is 0 Å². The van der Waals surface area contributed by atoms with E-state index in [1.807, 2.05) is 0 Å². The molecule has 1 N–H and O–H groups in total. The van der Waals surface area contributed by atoms with Gasteiger partial charge in [0.05, 0.1) is 23.6 Å². The normalized spacial score (nSPS) is 10.1. The van der Waals surface area contributed by atoms with Gasteiger partial charge in [0.25, 0.3) is 0 Å². The highest BCUT2D eigenvalue weighted by Crippen LogP contribution is 2.32. The number of ether oxygens (including phenoxy) is 1. The molecular formula is C12H16ClNO2S. The molecule has 0 aliphatic rings. The Balaban J connectivity index is 2.61. The van der Waals surface area contributed by atoms with Crippen LogP contribution in [0.1, 0.15) is 13.3 Å². The molecule has 1 rings (SSSR count). The van der Waals surface area contributed by atoms with Crippen molar-refractivity contribution in [2.45, 2.75) is 13.3 Å². The maximum atomic E-state index is 11.6. The van der Waals surface area contributed by atoms with Crippen LogP contribution >= 0.6 is 23.4 Å². The lowest BCUT2D eigenvalue weighted by Gasteiger charge is -2.11. The first-order chi connectivity index (χ1) is 8.19. The molecule has 0 aliphatic carbocycles. The van der Waals surface area contributed by atoms with Crippen molar-refractivity contribution in [3.8, 4) is 5.75 Å². The number of methoxy groups -OCH3 is 1. The van der Waals surface area contributed by atoms with Crippen LogP contribution in [-0.4, -0.2) is 24.5 Å². The molecule has 0 spiro atoms. The molecule has 0 fully saturated rings.